The van der Waals surface area contributed by atoms with E-state index in [-0.39, 0.29) is 18.3 Å². The van der Waals surface area contributed by atoms with Crippen molar-refractivity contribution in [1.82, 2.24) is 15.0 Å². The lowest BCUT2D eigenvalue weighted by Crippen LogP contribution is -2.13. The monoisotopic (exact) mass is 365 g/mol. The molecule has 6 nitrogen and oxygen atoms in total. The highest BCUT2D eigenvalue weighted by Crippen LogP contribution is 2.34. The number of carbonyl (C=O) groups excluding carboxylic acids is 2. The fourth-order valence-corrected chi connectivity index (χ4v) is 3.42. The van der Waals surface area contributed by atoms with Gasteiger partial charge in [-0.05, 0) is 55.2 Å². The molecule has 140 valence electrons. The number of fused-ring (bicyclic) bond motifs is 1. The number of ether oxygens (including phenoxy) is 1. The molecule has 0 radical (unpaired) electrons. The van der Waals surface area contributed by atoms with Crippen LogP contribution in [0.4, 0.5) is 0 Å². The van der Waals surface area contributed by atoms with Crippen molar-refractivity contribution in [3.8, 4) is 0 Å². The lowest BCUT2D eigenvalue weighted by Gasteiger charge is -2.20. The van der Waals surface area contributed by atoms with Gasteiger partial charge in [-0.3, -0.25) is 9.59 Å². The van der Waals surface area contributed by atoms with Gasteiger partial charge in [-0.15, -0.1) is 5.10 Å². The molecule has 1 heterocycles. The molecule has 0 aliphatic rings. The first-order valence-electron chi connectivity index (χ1n) is 8.96. The van der Waals surface area contributed by atoms with Crippen molar-refractivity contribution in [3.05, 3.63) is 58.1 Å². The minimum atomic E-state index is -0.269. The van der Waals surface area contributed by atoms with Gasteiger partial charge in [0.15, 0.2) is 0 Å². The average molecular weight is 365 g/mol. The van der Waals surface area contributed by atoms with Gasteiger partial charge in [-0.2, -0.15) is 0 Å². The van der Waals surface area contributed by atoms with E-state index in [2.05, 4.69) is 10.3 Å². The molecule has 6 heteroatoms. The topological polar surface area (TPSA) is 74.1 Å². The van der Waals surface area contributed by atoms with Crippen LogP contribution >= 0.6 is 0 Å². The molecule has 1 unspecified atom stereocenters. The molecule has 0 aliphatic carbocycles. The number of carbonyl (C=O) groups is 2. The van der Waals surface area contributed by atoms with Crippen molar-refractivity contribution in [2.75, 3.05) is 6.61 Å². The summed E-state index contributed by atoms with van der Waals surface area (Å²) >= 11 is 0. The Morgan fingerprint density at radius 1 is 1.26 bits per heavy atom. The molecule has 0 fully saturated rings. The van der Waals surface area contributed by atoms with Crippen molar-refractivity contribution in [3.63, 3.8) is 0 Å². The highest BCUT2D eigenvalue weighted by Gasteiger charge is 2.23. The maximum Gasteiger partial charge on any atom is 0.306 e. The molecule has 3 rings (SSSR count). The van der Waals surface area contributed by atoms with Crippen LogP contribution in [0.15, 0.2) is 30.3 Å². The van der Waals surface area contributed by atoms with Crippen molar-refractivity contribution < 1.29 is 14.3 Å². The summed E-state index contributed by atoms with van der Waals surface area (Å²) in [4.78, 5) is 23.7. The van der Waals surface area contributed by atoms with Gasteiger partial charge in [0.05, 0.1) is 18.5 Å². The van der Waals surface area contributed by atoms with Gasteiger partial charge in [0.1, 0.15) is 11.8 Å². The first-order valence-corrected chi connectivity index (χ1v) is 8.96. The van der Waals surface area contributed by atoms with Gasteiger partial charge >= 0.3 is 5.97 Å². The summed E-state index contributed by atoms with van der Waals surface area (Å²) in [5.41, 5.74) is 6.14. The van der Waals surface area contributed by atoms with E-state index in [1.54, 1.807) is 11.6 Å². The van der Waals surface area contributed by atoms with E-state index in [0.717, 1.165) is 39.6 Å². The van der Waals surface area contributed by atoms with Crippen LogP contribution in [0.25, 0.3) is 11.0 Å². The summed E-state index contributed by atoms with van der Waals surface area (Å²) in [7, 11) is 1.85. The fourth-order valence-electron chi connectivity index (χ4n) is 3.42. The molecular weight excluding hydrogens is 342 g/mol. The van der Waals surface area contributed by atoms with Gasteiger partial charge in [0.25, 0.3) is 0 Å². The Morgan fingerprint density at radius 3 is 2.74 bits per heavy atom. The zero-order chi connectivity index (χ0) is 19.6. The van der Waals surface area contributed by atoms with Crippen molar-refractivity contribution in [2.24, 2.45) is 7.05 Å². The fraction of sp³-hybridized carbons (Fsp3) is 0.333. The number of benzene rings is 2. The maximum atomic E-state index is 12.3. The smallest absolute Gasteiger partial charge is 0.306 e. The number of hydrogen-bond acceptors (Lipinski definition) is 5. The summed E-state index contributed by atoms with van der Waals surface area (Å²) in [5, 5.41) is 8.35. The number of nitrogens with zero attached hydrogens (tertiary/aromatic N) is 3. The van der Waals surface area contributed by atoms with E-state index >= 15 is 0 Å². The third-order valence-electron chi connectivity index (χ3n) is 4.96. The number of hydrogen-bond donors (Lipinski definition) is 0. The van der Waals surface area contributed by atoms with E-state index in [1.807, 2.05) is 51.2 Å². The summed E-state index contributed by atoms with van der Waals surface area (Å²) in [5.74, 6) is -0.496. The SMILES string of the molecule is CCOC(=O)CC(c1ccc(C)c(C=O)c1)c1ccc2c(nnn2C)c1C. The third-order valence-corrected chi connectivity index (χ3v) is 4.96. The largest absolute Gasteiger partial charge is 0.466 e. The molecule has 0 saturated carbocycles. The Bertz CT molecular complexity index is 1010. The zero-order valence-electron chi connectivity index (χ0n) is 16.0. The standard InChI is InChI=1S/C21H23N3O3/c1-5-27-20(26)11-18(15-7-6-13(2)16(10-15)12-25)17-8-9-19-21(14(17)3)22-23-24(19)4/h6-10,12,18H,5,11H2,1-4H3. The third kappa shape index (κ3) is 3.60. The van der Waals surface area contributed by atoms with E-state index in [4.69, 9.17) is 4.74 Å². The minimum Gasteiger partial charge on any atom is -0.466 e. The van der Waals surface area contributed by atoms with Crippen LogP contribution in [0.5, 0.6) is 0 Å². The molecule has 0 bridgehead atoms. The van der Waals surface area contributed by atoms with Crippen molar-refractivity contribution in [1.29, 1.82) is 0 Å². The van der Waals surface area contributed by atoms with Crippen LogP contribution in [0.1, 0.15) is 51.9 Å². The Hall–Kier alpha value is -3.02. The molecule has 1 aromatic heterocycles. The Balaban J connectivity index is 2.14. The van der Waals surface area contributed by atoms with E-state index in [0.29, 0.717) is 12.2 Å². The lowest BCUT2D eigenvalue weighted by molar-refractivity contribution is -0.143. The van der Waals surface area contributed by atoms with Gasteiger partial charge in [-0.25, -0.2) is 4.68 Å². The zero-order valence-corrected chi connectivity index (χ0v) is 16.0. The number of aldehydes is 1. The van der Waals surface area contributed by atoms with Crippen LogP contribution in [-0.2, 0) is 16.6 Å². The molecule has 0 aliphatic heterocycles. The maximum absolute atomic E-state index is 12.3. The molecular formula is C21H23N3O3. The summed E-state index contributed by atoms with van der Waals surface area (Å²) in [6.07, 6.45) is 1.04. The van der Waals surface area contributed by atoms with Gasteiger partial charge in [0, 0.05) is 18.5 Å². The first-order chi connectivity index (χ1) is 13.0. The van der Waals surface area contributed by atoms with Gasteiger partial charge in [-0.1, -0.05) is 23.4 Å². The Morgan fingerprint density at radius 2 is 2.04 bits per heavy atom. The van der Waals surface area contributed by atoms with Crippen molar-refractivity contribution in [2.45, 2.75) is 33.1 Å². The van der Waals surface area contributed by atoms with E-state index in [9.17, 15) is 9.59 Å². The molecule has 27 heavy (non-hydrogen) atoms. The minimum absolute atomic E-state index is 0.196. The Labute approximate surface area is 158 Å². The number of esters is 1. The van der Waals surface area contributed by atoms with Gasteiger partial charge < -0.3 is 4.74 Å². The first kappa shape index (κ1) is 18.8. The molecule has 0 spiro atoms. The number of aromatic nitrogens is 3. The highest BCUT2D eigenvalue weighted by atomic mass is 16.5. The highest BCUT2D eigenvalue weighted by molar-refractivity contribution is 5.81. The molecule has 3 aromatic rings. The average Bonchev–Trinajstić information content (AvgIpc) is 3.03. The number of aryl methyl sites for hydroxylation is 3. The van der Waals surface area contributed by atoms with E-state index in [1.165, 1.54) is 0 Å². The van der Waals surface area contributed by atoms with Crippen LogP contribution < -0.4 is 0 Å². The molecule has 1 atom stereocenters. The van der Waals surface area contributed by atoms with E-state index < -0.39 is 0 Å². The molecule has 0 saturated heterocycles. The van der Waals surface area contributed by atoms with Crippen molar-refractivity contribution >= 4 is 23.3 Å². The summed E-state index contributed by atoms with van der Waals surface area (Å²) in [6.45, 7) is 6.01. The lowest BCUT2D eigenvalue weighted by atomic mass is 9.84. The summed E-state index contributed by atoms with van der Waals surface area (Å²) < 4.78 is 6.91. The predicted octanol–water partition coefficient (Wildman–Crippen LogP) is 3.48. The van der Waals surface area contributed by atoms with Crippen LogP contribution in [0.3, 0.4) is 0 Å². The molecule has 2 aromatic carbocycles. The summed E-state index contributed by atoms with van der Waals surface area (Å²) in [6, 6.07) is 9.70. The predicted molar refractivity (Wildman–Crippen MR) is 103 cm³/mol. The Kier molecular flexibility index (Phi) is 5.35. The molecule has 0 amide bonds. The second kappa shape index (κ2) is 7.70. The molecule has 0 N–H and O–H groups in total. The van der Waals surface area contributed by atoms with Gasteiger partial charge in [0.2, 0.25) is 0 Å². The van der Waals surface area contributed by atoms with Crippen LogP contribution in [0.2, 0.25) is 0 Å². The second-order valence-electron chi connectivity index (χ2n) is 6.66. The van der Waals surface area contributed by atoms with Crippen LogP contribution in [-0.4, -0.2) is 33.9 Å². The quantitative estimate of drug-likeness (QED) is 0.494. The second-order valence-corrected chi connectivity index (χ2v) is 6.66. The normalized spacial score (nSPS) is 12.1. The number of rotatable bonds is 6. The van der Waals surface area contributed by atoms with Crippen LogP contribution in [0, 0.1) is 13.8 Å².